The quantitative estimate of drug-likeness (QED) is 0.506. The summed E-state index contributed by atoms with van der Waals surface area (Å²) in [6.07, 6.45) is 0.574. The Labute approximate surface area is 182 Å². The van der Waals surface area contributed by atoms with Crippen LogP contribution in [0.15, 0.2) is 77.3 Å². The van der Waals surface area contributed by atoms with E-state index in [4.69, 9.17) is 4.74 Å². The Morgan fingerprint density at radius 1 is 0.933 bits per heavy atom. The van der Waals surface area contributed by atoms with Gasteiger partial charge in [0.1, 0.15) is 11.6 Å². The van der Waals surface area contributed by atoms with Gasteiger partial charge in [-0.25, -0.2) is 4.39 Å². The molecule has 2 N–H and O–H groups in total. The first-order chi connectivity index (χ1) is 14.5. The molecule has 0 fully saturated rings. The number of amides is 2. The van der Waals surface area contributed by atoms with Crippen LogP contribution in [0, 0.1) is 5.82 Å². The minimum atomic E-state index is -0.330. The molecule has 7 heteroatoms. The maximum atomic E-state index is 13.0. The lowest BCUT2D eigenvalue weighted by Crippen LogP contribution is -2.27. The Kier molecular flexibility index (Phi) is 7.57. The SMILES string of the molecule is O=C(COc1ccccc1C(=O)NCCc1ccc(F)cc1)Nc1ccc(Br)cc1. The van der Waals surface area contributed by atoms with E-state index < -0.39 is 0 Å². The Morgan fingerprint density at radius 2 is 1.63 bits per heavy atom. The molecule has 0 heterocycles. The van der Waals surface area contributed by atoms with Crippen molar-refractivity contribution in [2.75, 3.05) is 18.5 Å². The summed E-state index contributed by atoms with van der Waals surface area (Å²) in [6, 6.07) is 20.1. The molecule has 154 valence electrons. The fraction of sp³-hybridized carbons (Fsp3) is 0.130. The second-order valence-electron chi connectivity index (χ2n) is 6.47. The minimum absolute atomic E-state index is 0.226. The molecule has 0 aromatic heterocycles. The van der Waals surface area contributed by atoms with E-state index in [1.807, 2.05) is 12.1 Å². The predicted octanol–water partition coefficient (Wildman–Crippen LogP) is 4.58. The zero-order valence-electron chi connectivity index (χ0n) is 16.0. The van der Waals surface area contributed by atoms with Gasteiger partial charge in [-0.15, -0.1) is 0 Å². The molecule has 0 radical (unpaired) electrons. The van der Waals surface area contributed by atoms with Crippen LogP contribution < -0.4 is 15.4 Å². The van der Waals surface area contributed by atoms with E-state index in [0.29, 0.717) is 30.0 Å². The van der Waals surface area contributed by atoms with Gasteiger partial charge in [0.15, 0.2) is 6.61 Å². The molecule has 0 unspecified atom stereocenters. The van der Waals surface area contributed by atoms with Crippen molar-refractivity contribution >= 4 is 33.4 Å². The molecule has 0 bridgehead atoms. The van der Waals surface area contributed by atoms with Crippen LogP contribution in [-0.4, -0.2) is 25.0 Å². The molecular weight excluding hydrogens is 451 g/mol. The molecule has 0 aliphatic carbocycles. The van der Waals surface area contributed by atoms with Crippen molar-refractivity contribution in [1.82, 2.24) is 5.32 Å². The number of para-hydroxylation sites is 1. The molecular formula is C23H20BrFN2O3. The van der Waals surface area contributed by atoms with Crippen molar-refractivity contribution in [3.8, 4) is 5.75 Å². The highest BCUT2D eigenvalue weighted by molar-refractivity contribution is 9.10. The molecule has 3 rings (SSSR count). The zero-order chi connectivity index (χ0) is 21.3. The number of rotatable bonds is 8. The average Bonchev–Trinajstić information content (AvgIpc) is 2.75. The lowest BCUT2D eigenvalue weighted by Gasteiger charge is -2.12. The number of halogens is 2. The van der Waals surface area contributed by atoms with Crippen LogP contribution in [0.5, 0.6) is 5.75 Å². The third-order valence-electron chi connectivity index (χ3n) is 4.23. The van der Waals surface area contributed by atoms with E-state index in [0.717, 1.165) is 10.0 Å². The second-order valence-corrected chi connectivity index (χ2v) is 7.39. The van der Waals surface area contributed by atoms with Crippen molar-refractivity contribution in [3.05, 3.63) is 94.2 Å². The van der Waals surface area contributed by atoms with Gasteiger partial charge in [0.05, 0.1) is 5.56 Å². The maximum Gasteiger partial charge on any atom is 0.262 e. The molecule has 3 aromatic rings. The molecule has 2 amide bonds. The highest BCUT2D eigenvalue weighted by Gasteiger charge is 2.13. The van der Waals surface area contributed by atoms with Gasteiger partial charge in [-0.1, -0.05) is 40.2 Å². The summed E-state index contributed by atoms with van der Waals surface area (Å²) in [7, 11) is 0. The Hall–Kier alpha value is -3.19. The summed E-state index contributed by atoms with van der Waals surface area (Å²) in [5.41, 5.74) is 1.91. The van der Waals surface area contributed by atoms with E-state index >= 15 is 0 Å². The lowest BCUT2D eigenvalue weighted by atomic mass is 10.1. The maximum absolute atomic E-state index is 13.0. The van der Waals surface area contributed by atoms with Crippen LogP contribution in [0.3, 0.4) is 0 Å². The molecule has 5 nitrogen and oxygen atoms in total. The van der Waals surface area contributed by atoms with E-state index in [-0.39, 0.29) is 24.2 Å². The monoisotopic (exact) mass is 470 g/mol. The van der Waals surface area contributed by atoms with Gasteiger partial charge in [-0.05, 0) is 60.5 Å². The van der Waals surface area contributed by atoms with E-state index in [2.05, 4.69) is 26.6 Å². The highest BCUT2D eigenvalue weighted by atomic mass is 79.9. The molecule has 3 aromatic carbocycles. The van der Waals surface area contributed by atoms with Crippen LogP contribution in [0.25, 0.3) is 0 Å². The number of hydrogen-bond acceptors (Lipinski definition) is 3. The van der Waals surface area contributed by atoms with Crippen LogP contribution in [0.2, 0.25) is 0 Å². The van der Waals surface area contributed by atoms with E-state index in [1.54, 1.807) is 48.5 Å². The van der Waals surface area contributed by atoms with E-state index in [9.17, 15) is 14.0 Å². The van der Waals surface area contributed by atoms with Gasteiger partial charge in [0.25, 0.3) is 11.8 Å². The normalized spacial score (nSPS) is 10.3. The van der Waals surface area contributed by atoms with Gasteiger partial charge in [0, 0.05) is 16.7 Å². The Bertz CT molecular complexity index is 1010. The van der Waals surface area contributed by atoms with Crippen molar-refractivity contribution in [1.29, 1.82) is 0 Å². The standard InChI is InChI=1S/C23H20BrFN2O3/c24-17-7-11-19(12-8-17)27-22(28)15-30-21-4-2-1-3-20(21)23(29)26-14-13-16-5-9-18(25)10-6-16/h1-12H,13-15H2,(H,26,29)(H,27,28). The first-order valence-electron chi connectivity index (χ1n) is 9.31. The van der Waals surface area contributed by atoms with Crippen molar-refractivity contribution in [3.63, 3.8) is 0 Å². The zero-order valence-corrected chi connectivity index (χ0v) is 17.6. The molecule has 0 spiro atoms. The third kappa shape index (κ3) is 6.42. The summed E-state index contributed by atoms with van der Waals surface area (Å²) in [4.78, 5) is 24.7. The summed E-state index contributed by atoms with van der Waals surface area (Å²) in [5, 5.41) is 5.55. The number of carbonyl (C=O) groups excluding carboxylic acids is 2. The number of hydrogen-bond donors (Lipinski definition) is 2. The second kappa shape index (κ2) is 10.5. The Morgan fingerprint density at radius 3 is 2.37 bits per heavy atom. The fourth-order valence-electron chi connectivity index (χ4n) is 2.72. The topological polar surface area (TPSA) is 67.4 Å². The molecule has 30 heavy (non-hydrogen) atoms. The van der Waals surface area contributed by atoms with Gasteiger partial charge < -0.3 is 15.4 Å². The van der Waals surface area contributed by atoms with Crippen LogP contribution >= 0.6 is 15.9 Å². The van der Waals surface area contributed by atoms with Crippen molar-refractivity contribution in [2.45, 2.75) is 6.42 Å². The van der Waals surface area contributed by atoms with Gasteiger partial charge in [-0.2, -0.15) is 0 Å². The summed E-state index contributed by atoms with van der Waals surface area (Å²) in [5.74, 6) is -0.606. The summed E-state index contributed by atoms with van der Waals surface area (Å²) >= 11 is 3.34. The van der Waals surface area contributed by atoms with Crippen molar-refractivity contribution < 1.29 is 18.7 Å². The molecule has 0 atom stereocenters. The van der Waals surface area contributed by atoms with Gasteiger partial charge in [0.2, 0.25) is 0 Å². The lowest BCUT2D eigenvalue weighted by molar-refractivity contribution is -0.118. The predicted molar refractivity (Wildman–Crippen MR) is 117 cm³/mol. The number of carbonyl (C=O) groups is 2. The molecule has 0 aliphatic heterocycles. The first kappa shape index (κ1) is 21.5. The minimum Gasteiger partial charge on any atom is -0.483 e. The smallest absolute Gasteiger partial charge is 0.262 e. The number of anilines is 1. The molecule has 0 aliphatic rings. The highest BCUT2D eigenvalue weighted by Crippen LogP contribution is 2.18. The molecule has 0 saturated carbocycles. The third-order valence-corrected chi connectivity index (χ3v) is 4.76. The van der Waals surface area contributed by atoms with Crippen LogP contribution in [0.4, 0.5) is 10.1 Å². The largest absolute Gasteiger partial charge is 0.483 e. The van der Waals surface area contributed by atoms with Gasteiger partial charge in [-0.3, -0.25) is 9.59 Å². The van der Waals surface area contributed by atoms with E-state index in [1.165, 1.54) is 12.1 Å². The van der Waals surface area contributed by atoms with Crippen LogP contribution in [0.1, 0.15) is 15.9 Å². The van der Waals surface area contributed by atoms with Crippen LogP contribution in [-0.2, 0) is 11.2 Å². The van der Waals surface area contributed by atoms with Gasteiger partial charge >= 0.3 is 0 Å². The number of ether oxygens (including phenoxy) is 1. The molecule has 0 saturated heterocycles. The number of benzene rings is 3. The summed E-state index contributed by atoms with van der Waals surface area (Å²) < 4.78 is 19.4. The first-order valence-corrected chi connectivity index (χ1v) is 10.1. The average molecular weight is 471 g/mol. The van der Waals surface area contributed by atoms with Crippen molar-refractivity contribution in [2.24, 2.45) is 0 Å². The fourth-order valence-corrected chi connectivity index (χ4v) is 2.98. The number of nitrogens with one attached hydrogen (secondary N) is 2. The summed E-state index contributed by atoms with van der Waals surface area (Å²) in [6.45, 7) is 0.165. The Balaban J connectivity index is 1.52.